The number of hydrogen-bond acceptors (Lipinski definition) is 6. The molecule has 7 heteroatoms. The van der Waals surface area contributed by atoms with Gasteiger partial charge in [-0.1, -0.05) is 0 Å². The molecule has 1 aromatic carbocycles. The number of hydrogen-bond donors (Lipinski definition) is 1. The third kappa shape index (κ3) is 2.57. The number of aromatic nitrogens is 2. The van der Waals surface area contributed by atoms with Gasteiger partial charge in [-0.3, -0.25) is 0 Å². The zero-order valence-corrected chi connectivity index (χ0v) is 11.8. The van der Waals surface area contributed by atoms with Crippen LogP contribution in [0.25, 0.3) is 11.5 Å². The number of halogens is 1. The number of morpholine rings is 1. The van der Waals surface area contributed by atoms with Crippen molar-refractivity contribution in [2.75, 3.05) is 36.9 Å². The number of rotatable bonds is 2. The molecule has 19 heavy (non-hydrogen) atoms. The summed E-state index contributed by atoms with van der Waals surface area (Å²) in [5, 5.41) is 4.01. The lowest BCUT2D eigenvalue weighted by Crippen LogP contribution is -2.36. The second kappa shape index (κ2) is 5.18. The van der Waals surface area contributed by atoms with E-state index in [4.69, 9.17) is 15.0 Å². The minimum absolute atomic E-state index is 0.488. The predicted octanol–water partition coefficient (Wildman–Crippen LogP) is 1.92. The summed E-state index contributed by atoms with van der Waals surface area (Å²) in [5.74, 6) is 1.09. The Kier molecular flexibility index (Phi) is 3.39. The first kappa shape index (κ1) is 12.4. The minimum Gasteiger partial charge on any atom is -0.398 e. The Bertz CT molecular complexity index is 581. The Morgan fingerprint density at radius 1 is 1.26 bits per heavy atom. The topological polar surface area (TPSA) is 77.4 Å². The molecule has 1 aliphatic heterocycles. The van der Waals surface area contributed by atoms with Crippen molar-refractivity contribution >= 4 is 27.6 Å². The van der Waals surface area contributed by atoms with Gasteiger partial charge in [0.05, 0.1) is 13.2 Å². The van der Waals surface area contributed by atoms with Crippen molar-refractivity contribution in [2.24, 2.45) is 0 Å². The Balaban J connectivity index is 1.85. The third-order valence-corrected chi connectivity index (χ3v) is 3.64. The molecule has 1 saturated heterocycles. The zero-order valence-electron chi connectivity index (χ0n) is 10.2. The summed E-state index contributed by atoms with van der Waals surface area (Å²) < 4.78 is 11.4. The van der Waals surface area contributed by atoms with E-state index < -0.39 is 0 Å². The van der Waals surface area contributed by atoms with E-state index in [1.165, 1.54) is 0 Å². The second-order valence-corrected chi connectivity index (χ2v) is 5.09. The molecular weight excluding hydrogens is 312 g/mol. The molecule has 0 saturated carbocycles. The van der Waals surface area contributed by atoms with E-state index in [1.807, 2.05) is 17.0 Å². The summed E-state index contributed by atoms with van der Waals surface area (Å²) in [7, 11) is 0. The summed E-state index contributed by atoms with van der Waals surface area (Å²) in [6.07, 6.45) is 0. The normalized spacial score (nSPS) is 15.7. The quantitative estimate of drug-likeness (QED) is 0.850. The summed E-state index contributed by atoms with van der Waals surface area (Å²) in [6.45, 7) is 2.95. The summed E-state index contributed by atoms with van der Waals surface area (Å²) in [4.78, 5) is 6.45. The van der Waals surface area contributed by atoms with Gasteiger partial charge >= 0.3 is 0 Å². The maximum atomic E-state index is 5.75. The third-order valence-electron chi connectivity index (χ3n) is 2.96. The molecule has 6 nitrogen and oxygen atoms in total. The van der Waals surface area contributed by atoms with Crippen LogP contribution in [-0.2, 0) is 4.74 Å². The van der Waals surface area contributed by atoms with Gasteiger partial charge in [0.1, 0.15) is 0 Å². The number of ether oxygens (including phenoxy) is 1. The zero-order chi connectivity index (χ0) is 13.2. The monoisotopic (exact) mass is 324 g/mol. The van der Waals surface area contributed by atoms with Gasteiger partial charge in [0.2, 0.25) is 0 Å². The first-order valence-electron chi connectivity index (χ1n) is 5.96. The molecule has 2 aromatic rings. The molecule has 100 valence electrons. The highest BCUT2D eigenvalue weighted by Gasteiger charge is 2.18. The maximum absolute atomic E-state index is 5.75. The summed E-state index contributed by atoms with van der Waals surface area (Å²) in [6, 6.07) is 5.53. The Morgan fingerprint density at radius 3 is 2.79 bits per heavy atom. The van der Waals surface area contributed by atoms with E-state index in [2.05, 4.69) is 26.1 Å². The molecule has 0 bridgehead atoms. The number of benzene rings is 1. The summed E-state index contributed by atoms with van der Waals surface area (Å²) >= 11 is 3.38. The van der Waals surface area contributed by atoms with Gasteiger partial charge in [-0.05, 0) is 39.3 Å². The van der Waals surface area contributed by atoms with Gasteiger partial charge in [-0.15, -0.1) is 0 Å². The van der Waals surface area contributed by atoms with Crippen molar-refractivity contribution in [1.82, 2.24) is 10.1 Å². The number of nitrogens with two attached hydrogens (primary N) is 1. The SMILES string of the molecule is Nc1ccc(-c2nc(N3CCOCC3)no2)cc1Br. The highest BCUT2D eigenvalue weighted by atomic mass is 79.9. The largest absolute Gasteiger partial charge is 0.398 e. The Hall–Kier alpha value is -1.60. The molecule has 0 spiro atoms. The van der Waals surface area contributed by atoms with Gasteiger partial charge in [0.15, 0.2) is 0 Å². The van der Waals surface area contributed by atoms with Crippen LogP contribution in [0.4, 0.5) is 11.6 Å². The number of nitrogen functional groups attached to an aromatic ring is 1. The molecule has 1 fully saturated rings. The molecule has 0 unspecified atom stereocenters. The fourth-order valence-electron chi connectivity index (χ4n) is 1.88. The highest BCUT2D eigenvalue weighted by molar-refractivity contribution is 9.10. The fraction of sp³-hybridized carbons (Fsp3) is 0.333. The lowest BCUT2D eigenvalue weighted by molar-refractivity contribution is 0.121. The lowest BCUT2D eigenvalue weighted by Gasteiger charge is -2.24. The average Bonchev–Trinajstić information content (AvgIpc) is 2.93. The standard InChI is InChI=1S/C12H13BrN4O2/c13-9-7-8(1-2-10(9)14)11-15-12(16-19-11)17-3-5-18-6-4-17/h1-2,7H,3-6,14H2. The van der Waals surface area contributed by atoms with Crippen LogP contribution < -0.4 is 10.6 Å². The van der Waals surface area contributed by atoms with Crippen LogP contribution in [0.15, 0.2) is 27.2 Å². The van der Waals surface area contributed by atoms with Crippen molar-refractivity contribution in [3.8, 4) is 11.5 Å². The van der Waals surface area contributed by atoms with Gasteiger partial charge < -0.3 is 19.9 Å². The van der Waals surface area contributed by atoms with Crippen molar-refractivity contribution < 1.29 is 9.26 Å². The summed E-state index contributed by atoms with van der Waals surface area (Å²) in [5.41, 5.74) is 7.27. The van der Waals surface area contributed by atoms with Gasteiger partial charge in [-0.25, -0.2) is 0 Å². The van der Waals surface area contributed by atoms with Crippen molar-refractivity contribution in [3.63, 3.8) is 0 Å². The lowest BCUT2D eigenvalue weighted by atomic mass is 10.2. The smallest absolute Gasteiger partial charge is 0.266 e. The predicted molar refractivity (Wildman–Crippen MR) is 74.9 cm³/mol. The number of nitrogens with zero attached hydrogens (tertiary/aromatic N) is 3. The van der Waals surface area contributed by atoms with E-state index in [0.29, 0.717) is 30.7 Å². The molecule has 0 amide bonds. The molecule has 0 aliphatic carbocycles. The van der Waals surface area contributed by atoms with Crippen LogP contribution in [-0.4, -0.2) is 36.4 Å². The van der Waals surface area contributed by atoms with Crippen LogP contribution >= 0.6 is 15.9 Å². The minimum atomic E-state index is 0.488. The van der Waals surface area contributed by atoms with Gasteiger partial charge in [-0.2, -0.15) is 4.98 Å². The van der Waals surface area contributed by atoms with Crippen molar-refractivity contribution in [3.05, 3.63) is 22.7 Å². The van der Waals surface area contributed by atoms with Crippen LogP contribution in [0.3, 0.4) is 0 Å². The molecule has 1 aliphatic rings. The van der Waals surface area contributed by atoms with E-state index in [9.17, 15) is 0 Å². The Morgan fingerprint density at radius 2 is 2.05 bits per heavy atom. The van der Waals surface area contributed by atoms with Crippen LogP contribution in [0.2, 0.25) is 0 Å². The van der Waals surface area contributed by atoms with Gasteiger partial charge in [0, 0.05) is 28.8 Å². The first-order valence-corrected chi connectivity index (χ1v) is 6.75. The van der Waals surface area contributed by atoms with E-state index in [1.54, 1.807) is 6.07 Å². The molecule has 1 aromatic heterocycles. The van der Waals surface area contributed by atoms with Crippen LogP contribution in [0.5, 0.6) is 0 Å². The van der Waals surface area contributed by atoms with Crippen molar-refractivity contribution in [2.45, 2.75) is 0 Å². The molecule has 2 N–H and O–H groups in total. The number of anilines is 2. The molecule has 0 atom stereocenters. The second-order valence-electron chi connectivity index (χ2n) is 4.24. The Labute approximate surface area is 118 Å². The highest BCUT2D eigenvalue weighted by Crippen LogP contribution is 2.27. The van der Waals surface area contributed by atoms with Crippen molar-refractivity contribution in [1.29, 1.82) is 0 Å². The van der Waals surface area contributed by atoms with E-state index >= 15 is 0 Å². The maximum Gasteiger partial charge on any atom is 0.266 e. The van der Waals surface area contributed by atoms with E-state index in [0.717, 1.165) is 23.1 Å². The molecule has 2 heterocycles. The first-order chi connectivity index (χ1) is 9.24. The van der Waals surface area contributed by atoms with E-state index in [-0.39, 0.29) is 0 Å². The fourth-order valence-corrected chi connectivity index (χ4v) is 2.26. The average molecular weight is 325 g/mol. The molecule has 3 rings (SSSR count). The molecule has 0 radical (unpaired) electrons. The molecular formula is C12H13BrN4O2. The van der Waals surface area contributed by atoms with Gasteiger partial charge in [0.25, 0.3) is 11.8 Å². The van der Waals surface area contributed by atoms with Crippen LogP contribution in [0, 0.1) is 0 Å². The van der Waals surface area contributed by atoms with Crippen LogP contribution in [0.1, 0.15) is 0 Å².